The Morgan fingerprint density at radius 2 is 1.91 bits per heavy atom. The van der Waals surface area contributed by atoms with Crippen molar-refractivity contribution in [2.75, 3.05) is 0 Å². The minimum atomic E-state index is -4.13. The first kappa shape index (κ1) is 26.8. The van der Waals surface area contributed by atoms with Crippen LogP contribution < -0.4 is 4.72 Å². The maximum absolute atomic E-state index is 14.3. The minimum Gasteiger partial charge on any atom is -0.274 e. The number of carbonyl (C=O) groups is 1. The molecule has 0 aliphatic carbocycles. The molecule has 0 bridgehead atoms. The summed E-state index contributed by atoms with van der Waals surface area (Å²) in [5.74, 6) is -1.23. The van der Waals surface area contributed by atoms with E-state index < -0.39 is 21.7 Å². The Bertz CT molecular complexity index is 1200. The maximum Gasteiger partial charge on any atom is 0.283 e. The molecule has 165 valence electrons. The molecule has 3 rings (SSSR count). The van der Waals surface area contributed by atoms with Crippen molar-refractivity contribution in [2.24, 2.45) is 0 Å². The second kappa shape index (κ2) is 11.1. The number of halogens is 1. The summed E-state index contributed by atoms with van der Waals surface area (Å²) in [5.41, 5.74) is 2.35. The first-order valence-corrected chi connectivity index (χ1v) is 11.4. The Labute approximate surface area is 230 Å². The van der Waals surface area contributed by atoms with Crippen molar-refractivity contribution in [3.05, 3.63) is 65.9 Å². The van der Waals surface area contributed by atoms with Gasteiger partial charge in [-0.2, -0.15) is 13.5 Å². The van der Waals surface area contributed by atoms with E-state index in [2.05, 4.69) is 14.8 Å². The molecule has 2 aromatic heterocycles. The normalized spacial score (nSPS) is 11.5. The predicted molar refractivity (Wildman–Crippen MR) is 121 cm³/mol. The Balaban J connectivity index is 0.00000363. The monoisotopic (exact) mass is 483 g/mol. The molecule has 1 aromatic carbocycles. The van der Waals surface area contributed by atoms with Gasteiger partial charge in [-0.15, -0.1) is 0 Å². The molecule has 1 N–H and O–H groups in total. The van der Waals surface area contributed by atoms with Crippen molar-refractivity contribution in [1.29, 1.82) is 0 Å². The van der Waals surface area contributed by atoms with Gasteiger partial charge in [-0.05, 0) is 60.7 Å². The number of sulfonamides is 1. The van der Waals surface area contributed by atoms with Crippen LogP contribution in [0.1, 0.15) is 50.8 Å². The van der Waals surface area contributed by atoms with Gasteiger partial charge in [0.25, 0.3) is 10.0 Å². The average molecular weight is 484 g/mol. The van der Waals surface area contributed by atoms with E-state index in [4.69, 9.17) is 0 Å². The van der Waals surface area contributed by atoms with Crippen LogP contribution in [0.5, 0.6) is 0 Å². The molecule has 1 radical (unpaired) electrons. The van der Waals surface area contributed by atoms with Crippen LogP contribution in [-0.4, -0.2) is 80.5 Å². The topological polar surface area (TPSA) is 94.0 Å². The third-order valence-corrected chi connectivity index (χ3v) is 6.08. The van der Waals surface area contributed by atoms with Crippen molar-refractivity contribution in [2.45, 2.75) is 51.1 Å². The number of carbonyl (C=O) groups excluding carboxylic acids is 1. The van der Waals surface area contributed by atoms with Gasteiger partial charge < -0.3 is 0 Å². The molecule has 0 aliphatic rings. The molecule has 7 nitrogen and oxygen atoms in total. The molecule has 10 heteroatoms. The SMILES string of the molecule is CC(C)c1cc(F)cc(-c2cccnc2)c1CC(=O)NS(=O)(=O)c1ccn(C(C)C)n1.[K]. The Morgan fingerprint density at radius 1 is 1.19 bits per heavy atom. The van der Waals surface area contributed by atoms with Crippen LogP contribution in [0.3, 0.4) is 0 Å². The molecule has 0 aliphatic heterocycles. The summed E-state index contributed by atoms with van der Waals surface area (Å²) in [5, 5.41) is 3.79. The van der Waals surface area contributed by atoms with E-state index in [0.717, 1.165) is 0 Å². The van der Waals surface area contributed by atoms with Gasteiger partial charge in [-0.25, -0.2) is 9.11 Å². The molecule has 0 unspecified atom stereocenters. The predicted octanol–water partition coefficient (Wildman–Crippen LogP) is 3.46. The molecule has 2 heterocycles. The molecule has 3 aromatic rings. The number of nitrogens with zero attached hydrogens (tertiary/aromatic N) is 3. The van der Waals surface area contributed by atoms with E-state index in [1.54, 1.807) is 30.7 Å². The van der Waals surface area contributed by atoms with Crippen LogP contribution in [0.2, 0.25) is 0 Å². The van der Waals surface area contributed by atoms with Crippen molar-refractivity contribution < 1.29 is 17.6 Å². The Hall–Kier alpha value is -1.43. The zero-order chi connectivity index (χ0) is 22.8. The third kappa shape index (κ3) is 6.33. The third-order valence-electron chi connectivity index (χ3n) is 4.82. The summed E-state index contributed by atoms with van der Waals surface area (Å²) in [6.45, 7) is 7.50. The summed E-state index contributed by atoms with van der Waals surface area (Å²) in [4.78, 5) is 16.8. The second-order valence-electron chi connectivity index (χ2n) is 7.85. The number of hydrogen-bond donors (Lipinski definition) is 1. The van der Waals surface area contributed by atoms with Gasteiger partial charge in [0.15, 0.2) is 5.03 Å². The minimum absolute atomic E-state index is 0. The van der Waals surface area contributed by atoms with Crippen LogP contribution in [-0.2, 0) is 21.2 Å². The standard InChI is InChI=1S/C22H25FN4O3S.K/c1-14(2)18-10-17(23)11-19(16-6-5-8-24-13-16)20(18)12-21(28)26-31(29,30)22-7-9-27(25-22)15(3)4;/h5-11,13-15H,12H2,1-4H3,(H,26,28);. The fraction of sp³-hybridized carbons (Fsp3) is 0.318. The fourth-order valence-corrected chi connectivity index (χ4v) is 4.22. The van der Waals surface area contributed by atoms with Gasteiger partial charge in [-0.1, -0.05) is 19.9 Å². The average Bonchev–Trinajstić information content (AvgIpc) is 3.21. The first-order valence-electron chi connectivity index (χ1n) is 9.92. The quantitative estimate of drug-likeness (QED) is 0.520. The zero-order valence-corrected chi connectivity index (χ0v) is 22.8. The number of nitrogens with one attached hydrogen (secondary N) is 1. The van der Waals surface area contributed by atoms with E-state index in [1.807, 2.05) is 27.7 Å². The van der Waals surface area contributed by atoms with Gasteiger partial charge in [-0.3, -0.25) is 14.5 Å². The number of pyridine rings is 1. The summed E-state index contributed by atoms with van der Waals surface area (Å²) in [6, 6.07) is 7.52. The summed E-state index contributed by atoms with van der Waals surface area (Å²) < 4.78 is 43.1. The van der Waals surface area contributed by atoms with E-state index in [-0.39, 0.29) is 74.8 Å². The molecule has 32 heavy (non-hydrogen) atoms. The molecule has 0 atom stereocenters. The molecule has 0 saturated heterocycles. The van der Waals surface area contributed by atoms with Crippen LogP contribution in [0.15, 0.2) is 53.9 Å². The van der Waals surface area contributed by atoms with Gasteiger partial charge in [0.1, 0.15) is 5.82 Å². The first-order chi connectivity index (χ1) is 14.6. The van der Waals surface area contributed by atoms with Crippen molar-refractivity contribution in [3.8, 4) is 11.1 Å². The van der Waals surface area contributed by atoms with Gasteiger partial charge in [0, 0.05) is 81.6 Å². The largest absolute Gasteiger partial charge is 0.283 e. The fourth-order valence-electron chi connectivity index (χ4n) is 3.30. The summed E-state index contributed by atoms with van der Waals surface area (Å²) >= 11 is 0. The number of rotatable bonds is 7. The number of benzene rings is 1. The summed E-state index contributed by atoms with van der Waals surface area (Å²) in [6.07, 6.45) is 4.49. The van der Waals surface area contributed by atoms with Gasteiger partial charge >= 0.3 is 0 Å². The van der Waals surface area contributed by atoms with Crippen molar-refractivity contribution in [3.63, 3.8) is 0 Å². The van der Waals surface area contributed by atoms with E-state index >= 15 is 0 Å². The summed E-state index contributed by atoms with van der Waals surface area (Å²) in [7, 11) is -4.13. The molecular weight excluding hydrogens is 458 g/mol. The van der Waals surface area contributed by atoms with Crippen LogP contribution in [0.25, 0.3) is 11.1 Å². The number of aromatic nitrogens is 3. The van der Waals surface area contributed by atoms with Gasteiger partial charge in [0.05, 0.1) is 6.42 Å². The van der Waals surface area contributed by atoms with Crippen molar-refractivity contribution >= 4 is 67.3 Å². The number of hydrogen-bond acceptors (Lipinski definition) is 5. The molecule has 0 fully saturated rings. The molecule has 0 saturated carbocycles. The molecule has 0 spiro atoms. The zero-order valence-electron chi connectivity index (χ0n) is 18.8. The second-order valence-corrected chi connectivity index (χ2v) is 9.48. The van der Waals surface area contributed by atoms with Gasteiger partial charge in [0.2, 0.25) is 5.91 Å². The Morgan fingerprint density at radius 3 is 2.47 bits per heavy atom. The Kier molecular flexibility index (Phi) is 9.32. The van der Waals surface area contributed by atoms with Crippen LogP contribution in [0.4, 0.5) is 4.39 Å². The maximum atomic E-state index is 14.3. The molecule has 1 amide bonds. The smallest absolute Gasteiger partial charge is 0.274 e. The van der Waals surface area contributed by atoms with Crippen LogP contribution >= 0.6 is 0 Å². The van der Waals surface area contributed by atoms with E-state index in [0.29, 0.717) is 22.3 Å². The number of amides is 1. The molecular formula is C22H25FKN4O3S. The van der Waals surface area contributed by atoms with Crippen LogP contribution in [0, 0.1) is 5.82 Å². The van der Waals surface area contributed by atoms with Crippen molar-refractivity contribution in [1.82, 2.24) is 19.5 Å². The van der Waals surface area contributed by atoms with E-state index in [9.17, 15) is 17.6 Å². The van der Waals surface area contributed by atoms with E-state index in [1.165, 1.54) is 22.9 Å².